The van der Waals surface area contributed by atoms with Crippen LogP contribution < -0.4 is 4.90 Å². The summed E-state index contributed by atoms with van der Waals surface area (Å²) < 4.78 is 2.16. The summed E-state index contributed by atoms with van der Waals surface area (Å²) in [7, 11) is 0. The van der Waals surface area contributed by atoms with Crippen molar-refractivity contribution in [3.8, 4) is 0 Å². The molecule has 0 aliphatic heterocycles. The molecule has 0 saturated carbocycles. The molecule has 6 rings (SSSR count). The van der Waals surface area contributed by atoms with Crippen molar-refractivity contribution < 1.29 is 0 Å². The van der Waals surface area contributed by atoms with Crippen molar-refractivity contribution >= 4 is 72.6 Å². The third kappa shape index (κ3) is 4.82. The highest BCUT2D eigenvalue weighted by Gasteiger charge is 2.13. The van der Waals surface area contributed by atoms with E-state index in [1.54, 1.807) is 23.1 Å². The molecule has 0 aliphatic carbocycles. The molecular weight excluding hydrogens is 493 g/mol. The van der Waals surface area contributed by atoms with Crippen molar-refractivity contribution in [3.63, 3.8) is 0 Å². The number of aliphatic imine (C=N–C) groups is 1. The second-order valence-electron chi connectivity index (χ2n) is 8.74. The van der Waals surface area contributed by atoms with Crippen LogP contribution in [-0.2, 0) is 0 Å². The molecule has 182 valence electrons. The van der Waals surface area contributed by atoms with Crippen molar-refractivity contribution in [1.29, 1.82) is 0 Å². The molecule has 4 aromatic carbocycles. The van der Waals surface area contributed by atoms with E-state index in [0.717, 1.165) is 55.5 Å². The summed E-state index contributed by atoms with van der Waals surface area (Å²) in [4.78, 5) is 17.2. The molecule has 0 N–H and O–H groups in total. The van der Waals surface area contributed by atoms with Crippen LogP contribution in [0.1, 0.15) is 19.4 Å². The topological polar surface area (TPSA) is 41.4 Å². The van der Waals surface area contributed by atoms with Crippen molar-refractivity contribution in [2.24, 2.45) is 4.99 Å². The minimum atomic E-state index is 0.909. The van der Waals surface area contributed by atoms with Gasteiger partial charge in [0.1, 0.15) is 5.03 Å². The summed E-state index contributed by atoms with van der Waals surface area (Å²) in [5.74, 6) is 0. The van der Waals surface area contributed by atoms with Crippen LogP contribution in [0.5, 0.6) is 0 Å². The van der Waals surface area contributed by atoms with E-state index in [2.05, 4.69) is 104 Å². The van der Waals surface area contributed by atoms with E-state index in [9.17, 15) is 0 Å². The maximum absolute atomic E-state index is 5.17. The van der Waals surface area contributed by atoms with E-state index in [1.807, 2.05) is 12.3 Å². The molecular formula is C31H26N4S2. The van der Waals surface area contributed by atoms with Crippen LogP contribution in [0, 0.1) is 0 Å². The lowest BCUT2D eigenvalue weighted by Gasteiger charge is -2.20. The van der Waals surface area contributed by atoms with Gasteiger partial charge in [-0.25, -0.2) is 9.97 Å². The first-order chi connectivity index (χ1) is 18.2. The lowest BCUT2D eigenvalue weighted by atomic mass is 10.1. The van der Waals surface area contributed by atoms with E-state index in [1.165, 1.54) is 15.8 Å². The normalized spacial score (nSPS) is 11.7. The molecule has 6 aromatic rings. The average Bonchev–Trinajstić information content (AvgIpc) is 3.35. The molecule has 4 nitrogen and oxygen atoms in total. The zero-order chi connectivity index (χ0) is 25.2. The average molecular weight is 519 g/mol. The quantitative estimate of drug-likeness (QED) is 0.156. The number of rotatable bonds is 7. The van der Waals surface area contributed by atoms with Gasteiger partial charge in [0.2, 0.25) is 0 Å². The Labute approximate surface area is 224 Å². The fraction of sp³-hybridized carbons (Fsp3) is 0.129. The zero-order valence-corrected chi connectivity index (χ0v) is 22.4. The van der Waals surface area contributed by atoms with Gasteiger partial charge in [-0.3, -0.25) is 4.99 Å². The van der Waals surface area contributed by atoms with Gasteiger partial charge in [0.05, 0.1) is 21.4 Å². The zero-order valence-electron chi connectivity index (χ0n) is 20.8. The summed E-state index contributed by atoms with van der Waals surface area (Å²) in [5.41, 5.74) is 5.15. The molecule has 2 heterocycles. The van der Waals surface area contributed by atoms with Gasteiger partial charge in [-0.05, 0) is 73.5 Å². The van der Waals surface area contributed by atoms with Crippen molar-refractivity contribution in [1.82, 2.24) is 9.97 Å². The van der Waals surface area contributed by atoms with Crippen LogP contribution in [0.2, 0.25) is 0 Å². The smallest absolute Gasteiger partial charge is 0.157 e. The summed E-state index contributed by atoms with van der Waals surface area (Å²) in [6.07, 6.45) is 1.93. The highest BCUT2D eigenvalue weighted by atomic mass is 32.2. The van der Waals surface area contributed by atoms with Crippen molar-refractivity contribution in [3.05, 3.63) is 96.6 Å². The van der Waals surface area contributed by atoms with Gasteiger partial charge in [-0.15, -0.1) is 11.3 Å². The standard InChI is InChI=1S/C31H26N4S2/c1-3-35(4-2)25-17-15-24(16-18-25)32-20-23-19-22-14-13-21-9-5-6-10-26(21)29(22)34-30(23)37-31-33-27-11-7-8-12-28(27)36-31/h5-20H,3-4H2,1-2H3. The summed E-state index contributed by atoms with van der Waals surface area (Å²) >= 11 is 3.30. The molecule has 6 heteroatoms. The summed E-state index contributed by atoms with van der Waals surface area (Å²) in [6.45, 7) is 6.33. The number of benzene rings is 4. The highest BCUT2D eigenvalue weighted by Crippen LogP contribution is 2.37. The maximum atomic E-state index is 5.17. The van der Waals surface area contributed by atoms with Crippen LogP contribution >= 0.6 is 23.1 Å². The molecule has 0 saturated heterocycles. The fourth-order valence-electron chi connectivity index (χ4n) is 4.54. The SMILES string of the molecule is CCN(CC)c1ccc(N=Cc2cc3ccc4ccccc4c3nc2Sc2nc3ccccc3s2)cc1. The van der Waals surface area contributed by atoms with E-state index in [-0.39, 0.29) is 0 Å². The first kappa shape index (κ1) is 23.6. The second kappa shape index (κ2) is 10.3. The largest absolute Gasteiger partial charge is 0.372 e. The van der Waals surface area contributed by atoms with E-state index in [4.69, 9.17) is 15.0 Å². The lowest BCUT2D eigenvalue weighted by Crippen LogP contribution is -2.21. The predicted octanol–water partition coefficient (Wildman–Crippen LogP) is 8.75. The first-order valence-corrected chi connectivity index (χ1v) is 14.1. The maximum Gasteiger partial charge on any atom is 0.157 e. The number of pyridine rings is 1. The Kier molecular flexibility index (Phi) is 6.60. The number of thiazole rings is 1. The van der Waals surface area contributed by atoms with Crippen LogP contribution in [0.4, 0.5) is 11.4 Å². The third-order valence-electron chi connectivity index (χ3n) is 6.49. The van der Waals surface area contributed by atoms with Gasteiger partial charge in [-0.1, -0.05) is 48.5 Å². The molecule has 0 atom stereocenters. The molecule has 0 spiro atoms. The Hall–Kier alpha value is -3.74. The number of aromatic nitrogens is 2. The van der Waals surface area contributed by atoms with E-state index in [0.29, 0.717) is 0 Å². The Morgan fingerprint density at radius 1 is 0.838 bits per heavy atom. The Morgan fingerprint density at radius 3 is 2.41 bits per heavy atom. The molecule has 0 radical (unpaired) electrons. The summed E-state index contributed by atoms with van der Waals surface area (Å²) in [6, 6.07) is 31.6. The molecule has 2 aromatic heterocycles. The number of hydrogen-bond donors (Lipinski definition) is 0. The van der Waals surface area contributed by atoms with Crippen LogP contribution in [0.15, 0.2) is 105 Å². The fourth-order valence-corrected chi connectivity index (χ4v) is 6.59. The number of hydrogen-bond acceptors (Lipinski definition) is 6. The summed E-state index contributed by atoms with van der Waals surface area (Å²) in [5, 5.41) is 4.35. The third-order valence-corrected chi connectivity index (χ3v) is 8.61. The molecule has 0 aliphatic rings. The van der Waals surface area contributed by atoms with Gasteiger partial charge >= 0.3 is 0 Å². The Balaban J connectivity index is 1.42. The second-order valence-corrected chi connectivity index (χ2v) is 11.0. The van der Waals surface area contributed by atoms with Crippen molar-refractivity contribution in [2.75, 3.05) is 18.0 Å². The monoisotopic (exact) mass is 518 g/mol. The minimum Gasteiger partial charge on any atom is -0.372 e. The molecule has 37 heavy (non-hydrogen) atoms. The minimum absolute atomic E-state index is 0.909. The molecule has 0 unspecified atom stereocenters. The number of anilines is 1. The number of para-hydroxylation sites is 1. The molecule has 0 bridgehead atoms. The van der Waals surface area contributed by atoms with E-state index >= 15 is 0 Å². The van der Waals surface area contributed by atoms with Gasteiger partial charge in [-0.2, -0.15) is 0 Å². The van der Waals surface area contributed by atoms with Crippen LogP contribution in [-0.4, -0.2) is 29.3 Å². The van der Waals surface area contributed by atoms with Gasteiger partial charge in [0, 0.05) is 41.3 Å². The highest BCUT2D eigenvalue weighted by molar-refractivity contribution is 8.01. The van der Waals surface area contributed by atoms with Gasteiger partial charge < -0.3 is 4.90 Å². The number of nitrogens with zero attached hydrogens (tertiary/aromatic N) is 4. The molecule has 0 fully saturated rings. The van der Waals surface area contributed by atoms with Gasteiger partial charge in [0.25, 0.3) is 0 Å². The molecule has 0 amide bonds. The Bertz CT molecular complexity index is 1700. The van der Waals surface area contributed by atoms with Crippen LogP contribution in [0.3, 0.4) is 0 Å². The Morgan fingerprint density at radius 2 is 1.59 bits per heavy atom. The van der Waals surface area contributed by atoms with Crippen LogP contribution in [0.25, 0.3) is 31.9 Å². The predicted molar refractivity (Wildman–Crippen MR) is 160 cm³/mol. The van der Waals surface area contributed by atoms with E-state index < -0.39 is 0 Å². The van der Waals surface area contributed by atoms with Crippen molar-refractivity contribution in [2.45, 2.75) is 23.2 Å². The number of fused-ring (bicyclic) bond motifs is 4. The lowest BCUT2D eigenvalue weighted by molar-refractivity contribution is 0.866. The van der Waals surface area contributed by atoms with Gasteiger partial charge in [0.15, 0.2) is 4.34 Å². The first-order valence-electron chi connectivity index (χ1n) is 12.5.